The molecule has 2 N–H and O–H groups in total. The fraction of sp³-hybridized carbons (Fsp3) is 0.222. The zero-order chi connectivity index (χ0) is 17.1. The van der Waals surface area contributed by atoms with Crippen LogP contribution in [0.1, 0.15) is 18.0 Å². The molecule has 124 valence electrons. The number of nitrogens with zero attached hydrogens (tertiary/aromatic N) is 1. The molecule has 0 spiro atoms. The average molecular weight is 341 g/mol. The van der Waals surface area contributed by atoms with Gasteiger partial charge in [0.2, 0.25) is 5.91 Å². The highest BCUT2D eigenvalue weighted by molar-refractivity contribution is 7.08. The van der Waals surface area contributed by atoms with Gasteiger partial charge in [-0.05, 0) is 66.1 Å². The molecule has 0 aliphatic heterocycles. The minimum absolute atomic E-state index is 0.0413. The Hall–Kier alpha value is -2.44. The molecule has 1 atom stereocenters. The summed E-state index contributed by atoms with van der Waals surface area (Å²) in [6.07, 6.45) is 1.98. The van der Waals surface area contributed by atoms with E-state index in [9.17, 15) is 9.59 Å². The van der Waals surface area contributed by atoms with Crippen LogP contribution < -0.4 is 10.9 Å². The summed E-state index contributed by atoms with van der Waals surface area (Å²) in [5.41, 5.74) is 1.71. The molecule has 0 radical (unpaired) electrons. The van der Waals surface area contributed by atoms with Crippen LogP contribution in [0.2, 0.25) is 0 Å². The second kappa shape index (κ2) is 6.98. The largest absolute Gasteiger partial charge is 0.329 e. The first-order valence-corrected chi connectivity index (χ1v) is 8.58. The number of hydrogen-bond donors (Lipinski definition) is 2. The van der Waals surface area contributed by atoms with Gasteiger partial charge >= 0.3 is 0 Å². The number of nitrogens with one attached hydrogen (secondary N) is 2. The van der Waals surface area contributed by atoms with Crippen molar-refractivity contribution in [2.75, 3.05) is 19.4 Å². The fourth-order valence-electron chi connectivity index (χ4n) is 2.72. The molecular weight excluding hydrogens is 322 g/mol. The van der Waals surface area contributed by atoms with E-state index < -0.39 is 0 Å². The van der Waals surface area contributed by atoms with Gasteiger partial charge in [0.25, 0.3) is 5.56 Å². The normalized spacial score (nSPS) is 12.5. The maximum atomic E-state index is 12.4. The molecule has 24 heavy (non-hydrogen) atoms. The van der Waals surface area contributed by atoms with Crippen LogP contribution in [-0.4, -0.2) is 29.9 Å². The quantitative estimate of drug-likeness (QED) is 0.749. The predicted molar refractivity (Wildman–Crippen MR) is 98.6 cm³/mol. The highest BCUT2D eigenvalue weighted by Crippen LogP contribution is 2.25. The average Bonchev–Trinajstić information content (AvgIpc) is 3.06. The number of carbonyl (C=O) groups excluding carboxylic acids is 1. The standard InChI is InChI=1S/C18H19N3O2S/c1-21(2)16(13-6-8-24-11-13)10-17(22)20-14-3-4-15-12(9-14)5-7-19-18(15)23/h3-9,11,16H,10H2,1-2H3,(H,19,23)(H,20,22)/t16-/m0/s1. The van der Waals surface area contributed by atoms with Gasteiger partial charge in [-0.2, -0.15) is 11.3 Å². The summed E-state index contributed by atoms with van der Waals surface area (Å²) < 4.78 is 0. The summed E-state index contributed by atoms with van der Waals surface area (Å²) in [7, 11) is 3.94. The number of H-pyrrole nitrogens is 1. The lowest BCUT2D eigenvalue weighted by atomic mass is 10.1. The molecule has 1 aromatic carbocycles. The van der Waals surface area contributed by atoms with E-state index in [-0.39, 0.29) is 17.5 Å². The SMILES string of the molecule is CN(C)[C@@H](CC(=O)Nc1ccc2c(=O)[nH]ccc2c1)c1ccsc1. The lowest BCUT2D eigenvalue weighted by Gasteiger charge is -2.23. The number of aromatic nitrogens is 1. The Morgan fingerprint density at radius 1 is 1.29 bits per heavy atom. The minimum atomic E-state index is -0.129. The van der Waals surface area contributed by atoms with Crippen molar-refractivity contribution in [3.63, 3.8) is 0 Å². The Balaban J connectivity index is 1.76. The van der Waals surface area contributed by atoms with Crippen molar-refractivity contribution in [3.8, 4) is 0 Å². The smallest absolute Gasteiger partial charge is 0.255 e. The van der Waals surface area contributed by atoms with Crippen molar-refractivity contribution in [2.24, 2.45) is 0 Å². The van der Waals surface area contributed by atoms with Crippen LogP contribution in [0.15, 0.2) is 52.1 Å². The van der Waals surface area contributed by atoms with E-state index in [1.165, 1.54) is 0 Å². The summed E-state index contributed by atoms with van der Waals surface area (Å²) in [6, 6.07) is 9.21. The third-order valence-corrected chi connectivity index (χ3v) is 4.69. The molecule has 0 saturated carbocycles. The molecule has 1 amide bonds. The molecule has 2 heterocycles. The van der Waals surface area contributed by atoms with Gasteiger partial charge in [0.05, 0.1) is 0 Å². The first-order chi connectivity index (χ1) is 11.5. The van der Waals surface area contributed by atoms with Crippen LogP contribution in [-0.2, 0) is 4.79 Å². The summed E-state index contributed by atoms with van der Waals surface area (Å²) in [4.78, 5) is 28.8. The molecule has 3 aromatic rings. The van der Waals surface area contributed by atoms with Crippen LogP contribution in [0, 0.1) is 0 Å². The molecule has 0 fully saturated rings. The number of aromatic amines is 1. The molecular formula is C18H19N3O2S. The van der Waals surface area contributed by atoms with Crippen LogP contribution in [0.4, 0.5) is 5.69 Å². The summed E-state index contributed by atoms with van der Waals surface area (Å²) >= 11 is 1.63. The monoisotopic (exact) mass is 341 g/mol. The van der Waals surface area contributed by atoms with Crippen LogP contribution in [0.5, 0.6) is 0 Å². The molecule has 0 unspecified atom stereocenters. The van der Waals surface area contributed by atoms with Gasteiger partial charge in [0.15, 0.2) is 0 Å². The van der Waals surface area contributed by atoms with E-state index in [0.717, 1.165) is 10.9 Å². The second-order valence-corrected chi connectivity index (χ2v) is 6.68. The summed E-state index contributed by atoms with van der Waals surface area (Å²) in [5, 5.41) is 8.43. The molecule has 0 bridgehead atoms. The van der Waals surface area contributed by atoms with E-state index in [1.807, 2.05) is 42.6 Å². The van der Waals surface area contributed by atoms with Gasteiger partial charge in [0.1, 0.15) is 0 Å². The fourth-order valence-corrected chi connectivity index (χ4v) is 3.43. The molecule has 5 nitrogen and oxygen atoms in total. The highest BCUT2D eigenvalue weighted by Gasteiger charge is 2.18. The molecule has 0 aliphatic carbocycles. The zero-order valence-corrected chi connectivity index (χ0v) is 14.4. The Labute approximate surface area is 143 Å². The van der Waals surface area contributed by atoms with Crippen molar-refractivity contribution in [2.45, 2.75) is 12.5 Å². The Kier molecular flexibility index (Phi) is 4.78. The van der Waals surface area contributed by atoms with Gasteiger partial charge in [-0.1, -0.05) is 0 Å². The van der Waals surface area contributed by atoms with E-state index in [1.54, 1.807) is 29.7 Å². The Bertz CT molecular complexity index is 900. The number of fused-ring (bicyclic) bond motifs is 1. The highest BCUT2D eigenvalue weighted by atomic mass is 32.1. The van der Waals surface area contributed by atoms with Crippen molar-refractivity contribution in [1.29, 1.82) is 0 Å². The zero-order valence-electron chi connectivity index (χ0n) is 13.6. The van der Waals surface area contributed by atoms with E-state index in [4.69, 9.17) is 0 Å². The van der Waals surface area contributed by atoms with E-state index in [2.05, 4.69) is 15.7 Å². The van der Waals surface area contributed by atoms with E-state index >= 15 is 0 Å². The number of hydrogen-bond acceptors (Lipinski definition) is 4. The van der Waals surface area contributed by atoms with Crippen LogP contribution >= 0.6 is 11.3 Å². The number of anilines is 1. The Morgan fingerprint density at radius 2 is 2.12 bits per heavy atom. The number of rotatable bonds is 5. The maximum Gasteiger partial charge on any atom is 0.255 e. The van der Waals surface area contributed by atoms with Gasteiger partial charge in [-0.25, -0.2) is 0 Å². The van der Waals surface area contributed by atoms with E-state index in [0.29, 0.717) is 17.5 Å². The van der Waals surface area contributed by atoms with Crippen molar-refractivity contribution >= 4 is 33.7 Å². The van der Waals surface area contributed by atoms with Gasteiger partial charge in [0, 0.05) is 29.7 Å². The van der Waals surface area contributed by atoms with Gasteiger partial charge in [-0.3, -0.25) is 9.59 Å². The first kappa shape index (κ1) is 16.4. The van der Waals surface area contributed by atoms with Crippen LogP contribution in [0.25, 0.3) is 10.8 Å². The van der Waals surface area contributed by atoms with Gasteiger partial charge in [-0.15, -0.1) is 0 Å². The minimum Gasteiger partial charge on any atom is -0.329 e. The predicted octanol–water partition coefficient (Wildman–Crippen LogP) is 3.22. The number of thiophene rings is 1. The van der Waals surface area contributed by atoms with Crippen molar-refractivity contribution < 1.29 is 4.79 Å². The van der Waals surface area contributed by atoms with Crippen LogP contribution in [0.3, 0.4) is 0 Å². The number of pyridine rings is 1. The topological polar surface area (TPSA) is 65.2 Å². The third kappa shape index (κ3) is 3.55. The Morgan fingerprint density at radius 3 is 2.83 bits per heavy atom. The number of carbonyl (C=O) groups is 1. The maximum absolute atomic E-state index is 12.4. The molecule has 0 aliphatic rings. The number of benzene rings is 1. The molecule has 0 saturated heterocycles. The van der Waals surface area contributed by atoms with Gasteiger partial charge < -0.3 is 15.2 Å². The lowest BCUT2D eigenvalue weighted by Crippen LogP contribution is -2.25. The second-order valence-electron chi connectivity index (χ2n) is 5.90. The molecule has 2 aromatic heterocycles. The molecule has 6 heteroatoms. The first-order valence-electron chi connectivity index (χ1n) is 7.64. The molecule has 3 rings (SSSR count). The summed E-state index contributed by atoms with van der Waals surface area (Å²) in [6.45, 7) is 0. The lowest BCUT2D eigenvalue weighted by molar-refractivity contribution is -0.117. The van der Waals surface area contributed by atoms with Crippen molar-refractivity contribution in [1.82, 2.24) is 9.88 Å². The number of amides is 1. The third-order valence-electron chi connectivity index (χ3n) is 3.99. The van der Waals surface area contributed by atoms with Crippen molar-refractivity contribution in [3.05, 3.63) is 63.2 Å². The summed E-state index contributed by atoms with van der Waals surface area (Å²) in [5.74, 6) is -0.0518.